The third-order valence-corrected chi connectivity index (χ3v) is 4.89. The van der Waals surface area contributed by atoms with Gasteiger partial charge in [0, 0.05) is 17.8 Å². The monoisotopic (exact) mass is 398 g/mol. The van der Waals surface area contributed by atoms with E-state index in [-0.39, 0.29) is 11.6 Å². The van der Waals surface area contributed by atoms with Crippen molar-refractivity contribution in [1.29, 1.82) is 0 Å². The molecule has 2 N–H and O–H groups in total. The highest BCUT2D eigenvalue weighted by molar-refractivity contribution is 9.11. The van der Waals surface area contributed by atoms with Crippen molar-refractivity contribution in [2.45, 2.75) is 13.5 Å². The van der Waals surface area contributed by atoms with Crippen LogP contribution in [0.25, 0.3) is 0 Å². The summed E-state index contributed by atoms with van der Waals surface area (Å²) in [6.07, 6.45) is 0. The van der Waals surface area contributed by atoms with Crippen molar-refractivity contribution in [3.63, 3.8) is 0 Å². The summed E-state index contributed by atoms with van der Waals surface area (Å²) >= 11 is 5.08. The van der Waals surface area contributed by atoms with Crippen LogP contribution in [-0.2, 0) is 11.3 Å². The first-order chi connectivity index (χ1) is 10.8. The number of benzene rings is 1. The maximum Gasteiger partial charge on any atom is 0.279 e. The molecule has 23 heavy (non-hydrogen) atoms. The molecule has 122 valence electrons. The highest BCUT2D eigenvalue weighted by Gasteiger charge is 2.14. The maximum absolute atomic E-state index is 12.1. The van der Waals surface area contributed by atoms with Gasteiger partial charge in [-0.2, -0.15) is 0 Å². The van der Waals surface area contributed by atoms with Crippen LogP contribution >= 0.6 is 27.3 Å². The molecule has 6 nitrogen and oxygen atoms in total. The van der Waals surface area contributed by atoms with Crippen LogP contribution < -0.4 is 10.2 Å². The molecule has 0 aliphatic heterocycles. The standard InChI is InChI=1S/C15H16BrN3O3S/c1-10-7-11(19(21)22)3-5-13(10)17-15(20)9-18(2)8-12-4-6-14(16)23-12/h3-7H,8-9H2,1-2H3,(H,17,20)/p+1. The van der Waals surface area contributed by atoms with Crippen molar-refractivity contribution in [3.05, 3.63) is 54.7 Å². The van der Waals surface area contributed by atoms with E-state index in [1.54, 1.807) is 24.3 Å². The van der Waals surface area contributed by atoms with Gasteiger partial charge in [0.05, 0.1) is 20.6 Å². The number of carbonyl (C=O) groups is 1. The minimum Gasteiger partial charge on any atom is -0.325 e. The molecule has 0 radical (unpaired) electrons. The molecule has 2 rings (SSSR count). The summed E-state index contributed by atoms with van der Waals surface area (Å²) in [5, 5.41) is 13.5. The summed E-state index contributed by atoms with van der Waals surface area (Å²) in [4.78, 5) is 24.7. The number of non-ortho nitro benzene ring substituents is 1. The van der Waals surface area contributed by atoms with Gasteiger partial charge in [-0.15, -0.1) is 11.3 Å². The van der Waals surface area contributed by atoms with Gasteiger partial charge in [0.15, 0.2) is 6.54 Å². The number of hydrogen-bond acceptors (Lipinski definition) is 4. The van der Waals surface area contributed by atoms with E-state index in [0.29, 0.717) is 17.8 Å². The predicted molar refractivity (Wildman–Crippen MR) is 93.9 cm³/mol. The molecule has 0 saturated heterocycles. The topological polar surface area (TPSA) is 76.7 Å². The fourth-order valence-electron chi connectivity index (χ4n) is 2.18. The molecule has 8 heteroatoms. The second-order valence-electron chi connectivity index (χ2n) is 5.32. The molecule has 1 aromatic heterocycles. The molecule has 0 bridgehead atoms. The number of carbonyl (C=O) groups excluding carboxylic acids is 1. The van der Waals surface area contributed by atoms with Crippen molar-refractivity contribution in [2.75, 3.05) is 18.9 Å². The quantitative estimate of drug-likeness (QED) is 0.579. The van der Waals surface area contributed by atoms with Gasteiger partial charge in [-0.25, -0.2) is 0 Å². The molecule has 0 spiro atoms. The Morgan fingerprint density at radius 2 is 2.13 bits per heavy atom. The van der Waals surface area contributed by atoms with Crippen molar-refractivity contribution in [3.8, 4) is 0 Å². The summed E-state index contributed by atoms with van der Waals surface area (Å²) in [6, 6.07) is 8.44. The zero-order chi connectivity index (χ0) is 17.0. The Morgan fingerprint density at radius 1 is 1.39 bits per heavy atom. The normalized spacial score (nSPS) is 12.0. The summed E-state index contributed by atoms with van der Waals surface area (Å²) in [7, 11) is 1.95. The van der Waals surface area contributed by atoms with Crippen molar-refractivity contribution < 1.29 is 14.6 Å². The number of quaternary nitrogens is 1. The number of aryl methyl sites for hydroxylation is 1. The molecular weight excluding hydrogens is 382 g/mol. The van der Waals surface area contributed by atoms with E-state index < -0.39 is 4.92 Å². The number of rotatable bonds is 6. The first-order valence-electron chi connectivity index (χ1n) is 6.95. The smallest absolute Gasteiger partial charge is 0.279 e. The largest absolute Gasteiger partial charge is 0.325 e. The van der Waals surface area contributed by atoms with E-state index in [1.165, 1.54) is 17.0 Å². The van der Waals surface area contributed by atoms with Gasteiger partial charge in [0.25, 0.3) is 11.6 Å². The Bertz CT molecular complexity index is 733. The highest BCUT2D eigenvalue weighted by atomic mass is 79.9. The lowest BCUT2D eigenvalue weighted by atomic mass is 10.2. The van der Waals surface area contributed by atoms with Gasteiger partial charge in [0.2, 0.25) is 0 Å². The van der Waals surface area contributed by atoms with Crippen molar-refractivity contribution >= 4 is 44.5 Å². The average Bonchev–Trinajstić information content (AvgIpc) is 2.85. The molecule has 1 aromatic carbocycles. The molecule has 0 fully saturated rings. The van der Waals surface area contributed by atoms with Gasteiger partial charge < -0.3 is 10.2 Å². The SMILES string of the molecule is Cc1cc([N+](=O)[O-])ccc1NC(=O)C[NH+](C)Cc1ccc(Br)s1. The number of nitro benzene ring substituents is 1. The fourth-order valence-corrected chi connectivity index (χ4v) is 3.77. The van der Waals surface area contributed by atoms with Gasteiger partial charge in [0.1, 0.15) is 6.54 Å². The number of nitro groups is 1. The number of anilines is 1. The van der Waals surface area contributed by atoms with Crippen molar-refractivity contribution in [1.82, 2.24) is 0 Å². The molecule has 2 aromatic rings. The number of hydrogen-bond donors (Lipinski definition) is 2. The van der Waals surface area contributed by atoms with E-state index in [0.717, 1.165) is 15.2 Å². The number of amides is 1. The van der Waals surface area contributed by atoms with Gasteiger partial charge >= 0.3 is 0 Å². The zero-order valence-electron chi connectivity index (χ0n) is 12.8. The van der Waals surface area contributed by atoms with Crippen LogP contribution in [0.4, 0.5) is 11.4 Å². The van der Waals surface area contributed by atoms with Crippen molar-refractivity contribution in [2.24, 2.45) is 0 Å². The molecule has 0 aliphatic rings. The van der Waals surface area contributed by atoms with Crippen LogP contribution in [0.5, 0.6) is 0 Å². The molecule has 1 atom stereocenters. The molecule has 1 amide bonds. The summed E-state index contributed by atoms with van der Waals surface area (Å²) in [6.45, 7) is 2.83. The molecular formula is C15H17BrN3O3S+. The average molecular weight is 399 g/mol. The van der Waals surface area contributed by atoms with Gasteiger partial charge in [-0.05, 0) is 46.6 Å². The van der Waals surface area contributed by atoms with Gasteiger partial charge in [-0.3, -0.25) is 14.9 Å². The molecule has 1 unspecified atom stereocenters. The second-order valence-corrected chi connectivity index (χ2v) is 7.87. The Hall–Kier alpha value is -1.77. The Kier molecular flexibility index (Phi) is 5.86. The van der Waals surface area contributed by atoms with Crippen LogP contribution in [-0.4, -0.2) is 24.4 Å². The lowest BCUT2D eigenvalue weighted by molar-refractivity contribution is -0.884. The summed E-state index contributed by atoms with van der Waals surface area (Å²) in [5.74, 6) is -0.116. The highest BCUT2D eigenvalue weighted by Crippen LogP contribution is 2.22. The lowest BCUT2D eigenvalue weighted by Crippen LogP contribution is -3.08. The van der Waals surface area contributed by atoms with E-state index in [2.05, 4.69) is 21.2 Å². The zero-order valence-corrected chi connectivity index (χ0v) is 15.2. The Balaban J connectivity index is 1.92. The molecule has 0 aliphatic carbocycles. The van der Waals surface area contributed by atoms with Gasteiger partial charge in [-0.1, -0.05) is 0 Å². The minimum absolute atomic E-state index is 0.0199. The first-order valence-corrected chi connectivity index (χ1v) is 8.56. The Morgan fingerprint density at radius 3 is 2.70 bits per heavy atom. The van der Waals surface area contributed by atoms with E-state index in [9.17, 15) is 14.9 Å². The number of nitrogens with zero attached hydrogens (tertiary/aromatic N) is 1. The van der Waals surface area contributed by atoms with E-state index in [1.807, 2.05) is 19.2 Å². The lowest BCUT2D eigenvalue weighted by Gasteiger charge is -2.13. The second kappa shape index (κ2) is 7.67. The minimum atomic E-state index is -0.449. The van der Waals surface area contributed by atoms with E-state index in [4.69, 9.17) is 0 Å². The predicted octanol–water partition coefficient (Wildman–Crippen LogP) is 2.38. The third-order valence-electron chi connectivity index (χ3n) is 3.26. The fraction of sp³-hybridized carbons (Fsp3) is 0.267. The first kappa shape index (κ1) is 17.6. The van der Waals surface area contributed by atoms with Crippen LogP contribution in [0.15, 0.2) is 34.1 Å². The van der Waals surface area contributed by atoms with E-state index >= 15 is 0 Å². The number of likely N-dealkylation sites (N-methyl/N-ethyl adjacent to an activating group) is 1. The number of thiophene rings is 1. The molecule has 1 heterocycles. The van der Waals surface area contributed by atoms with Crippen LogP contribution in [0.1, 0.15) is 10.4 Å². The van der Waals surface area contributed by atoms with Crippen LogP contribution in [0, 0.1) is 17.0 Å². The summed E-state index contributed by atoms with van der Waals surface area (Å²) < 4.78 is 1.08. The molecule has 0 saturated carbocycles. The van der Waals surface area contributed by atoms with Crippen LogP contribution in [0.3, 0.4) is 0 Å². The summed E-state index contributed by atoms with van der Waals surface area (Å²) in [5.41, 5.74) is 1.30. The maximum atomic E-state index is 12.1. The number of halogens is 1. The van der Waals surface area contributed by atoms with Crippen LogP contribution in [0.2, 0.25) is 0 Å². The Labute approximate surface area is 146 Å². The number of nitrogens with one attached hydrogen (secondary N) is 2. The third kappa shape index (κ3) is 5.12.